The lowest BCUT2D eigenvalue weighted by molar-refractivity contribution is -0.135. The van der Waals surface area contributed by atoms with E-state index < -0.39 is 5.91 Å². The largest absolute Gasteiger partial charge is 0.484 e. The van der Waals surface area contributed by atoms with Crippen molar-refractivity contribution in [3.8, 4) is 5.75 Å². The monoisotopic (exact) mass is 479 g/mol. The zero-order valence-electron chi connectivity index (χ0n) is 14.9. The van der Waals surface area contributed by atoms with Crippen LogP contribution in [0.5, 0.6) is 5.75 Å². The van der Waals surface area contributed by atoms with E-state index >= 15 is 0 Å². The molecular weight excluding hydrogens is 457 g/mol. The molecule has 0 aliphatic carbocycles. The fraction of sp³-hybridized carbons (Fsp3) is 0.300. The number of ether oxygens (including phenoxy) is 1. The van der Waals surface area contributed by atoms with Crippen molar-refractivity contribution in [1.82, 2.24) is 9.80 Å². The molecule has 0 saturated carbocycles. The molecule has 0 atom stereocenters. The highest BCUT2D eigenvalue weighted by Crippen LogP contribution is 2.14. The standard InChI is InChI=1S/C20H22IN3O3/c21-17-5-7-18(8-6-17)27-14-19(25)24-11-9-23(10-12-24)13-15-1-3-16(4-2-15)20(22)26/h1-8H,9-14H2,(H2,22,26). The first-order chi connectivity index (χ1) is 13.0. The lowest BCUT2D eigenvalue weighted by Crippen LogP contribution is -2.49. The fourth-order valence-electron chi connectivity index (χ4n) is 2.96. The number of primary amides is 1. The Morgan fingerprint density at radius 2 is 1.59 bits per heavy atom. The molecule has 0 spiro atoms. The molecule has 1 heterocycles. The molecule has 3 rings (SSSR count). The molecule has 2 amide bonds. The molecule has 7 heteroatoms. The number of halogens is 1. The Morgan fingerprint density at radius 3 is 2.19 bits per heavy atom. The van der Waals surface area contributed by atoms with Crippen LogP contribution in [0, 0.1) is 3.57 Å². The molecule has 0 radical (unpaired) electrons. The third kappa shape index (κ3) is 5.67. The van der Waals surface area contributed by atoms with E-state index in [4.69, 9.17) is 10.5 Å². The van der Waals surface area contributed by atoms with Gasteiger partial charge in [-0.25, -0.2) is 0 Å². The minimum atomic E-state index is -0.416. The molecule has 2 aromatic rings. The number of hydrogen-bond donors (Lipinski definition) is 1. The van der Waals surface area contributed by atoms with Crippen LogP contribution in [-0.2, 0) is 11.3 Å². The number of hydrogen-bond acceptors (Lipinski definition) is 4. The predicted molar refractivity (Wildman–Crippen MR) is 111 cm³/mol. The summed E-state index contributed by atoms with van der Waals surface area (Å²) in [6.45, 7) is 3.86. The number of nitrogens with two attached hydrogens (primary N) is 1. The van der Waals surface area contributed by atoms with Crippen molar-refractivity contribution in [2.24, 2.45) is 5.73 Å². The van der Waals surface area contributed by atoms with Crippen molar-refractivity contribution < 1.29 is 14.3 Å². The van der Waals surface area contributed by atoms with Crippen LogP contribution in [0.25, 0.3) is 0 Å². The molecule has 6 nitrogen and oxygen atoms in total. The summed E-state index contributed by atoms with van der Waals surface area (Å²) < 4.78 is 6.71. The maximum absolute atomic E-state index is 12.3. The van der Waals surface area contributed by atoms with E-state index in [2.05, 4.69) is 27.5 Å². The minimum Gasteiger partial charge on any atom is -0.484 e. The van der Waals surface area contributed by atoms with E-state index in [9.17, 15) is 9.59 Å². The van der Waals surface area contributed by atoms with Gasteiger partial charge in [-0.1, -0.05) is 12.1 Å². The van der Waals surface area contributed by atoms with Gasteiger partial charge in [0.05, 0.1) is 0 Å². The van der Waals surface area contributed by atoms with Gasteiger partial charge in [0, 0.05) is 41.9 Å². The predicted octanol–water partition coefficient (Wildman–Crippen LogP) is 2.11. The van der Waals surface area contributed by atoms with Crippen LogP contribution in [-0.4, -0.2) is 54.4 Å². The summed E-state index contributed by atoms with van der Waals surface area (Å²) in [5, 5.41) is 0. The zero-order valence-corrected chi connectivity index (χ0v) is 17.1. The molecule has 27 heavy (non-hydrogen) atoms. The maximum atomic E-state index is 12.3. The molecule has 1 saturated heterocycles. The Balaban J connectivity index is 1.43. The summed E-state index contributed by atoms with van der Waals surface area (Å²) in [5.74, 6) is 0.307. The summed E-state index contributed by atoms with van der Waals surface area (Å²) >= 11 is 2.23. The van der Waals surface area contributed by atoms with Crippen molar-refractivity contribution >= 4 is 34.4 Å². The summed E-state index contributed by atoms with van der Waals surface area (Å²) in [6.07, 6.45) is 0. The number of carbonyl (C=O) groups excluding carboxylic acids is 2. The van der Waals surface area contributed by atoms with E-state index in [1.807, 2.05) is 41.3 Å². The van der Waals surface area contributed by atoms with E-state index in [0.717, 1.165) is 28.8 Å². The maximum Gasteiger partial charge on any atom is 0.260 e. The number of rotatable bonds is 6. The molecule has 142 valence electrons. The summed E-state index contributed by atoms with van der Waals surface area (Å²) in [6, 6.07) is 15.0. The lowest BCUT2D eigenvalue weighted by Gasteiger charge is -2.34. The summed E-state index contributed by atoms with van der Waals surface area (Å²) in [5.41, 5.74) is 6.91. The molecular formula is C20H22IN3O3. The van der Waals surface area contributed by atoms with Crippen molar-refractivity contribution in [3.63, 3.8) is 0 Å². The van der Waals surface area contributed by atoms with E-state index in [1.165, 1.54) is 0 Å². The number of piperazine rings is 1. The normalized spacial score (nSPS) is 14.8. The first-order valence-electron chi connectivity index (χ1n) is 8.78. The average molecular weight is 479 g/mol. The Kier molecular flexibility index (Phi) is 6.68. The van der Waals surface area contributed by atoms with E-state index in [0.29, 0.717) is 24.4 Å². The van der Waals surface area contributed by atoms with Crippen LogP contribution < -0.4 is 10.5 Å². The topological polar surface area (TPSA) is 75.9 Å². The van der Waals surface area contributed by atoms with E-state index in [1.54, 1.807) is 12.1 Å². The van der Waals surface area contributed by atoms with Crippen LogP contribution in [0.2, 0.25) is 0 Å². The van der Waals surface area contributed by atoms with Crippen LogP contribution in [0.4, 0.5) is 0 Å². The zero-order chi connectivity index (χ0) is 19.2. The van der Waals surface area contributed by atoms with Crippen molar-refractivity contribution in [2.45, 2.75) is 6.54 Å². The van der Waals surface area contributed by atoms with Gasteiger partial charge in [-0.05, 0) is 64.6 Å². The average Bonchev–Trinajstić information content (AvgIpc) is 2.68. The molecule has 1 fully saturated rings. The molecule has 0 aromatic heterocycles. The molecule has 2 aromatic carbocycles. The van der Waals surface area contributed by atoms with Crippen LogP contribution >= 0.6 is 22.6 Å². The van der Waals surface area contributed by atoms with Crippen LogP contribution in [0.3, 0.4) is 0 Å². The smallest absolute Gasteiger partial charge is 0.260 e. The second-order valence-corrected chi connectivity index (χ2v) is 7.71. The third-order valence-electron chi connectivity index (χ3n) is 4.55. The SMILES string of the molecule is NC(=O)c1ccc(CN2CCN(C(=O)COc3ccc(I)cc3)CC2)cc1. The Hall–Kier alpha value is -2.13. The molecule has 0 bridgehead atoms. The van der Waals surface area contributed by atoms with Gasteiger partial charge in [0.1, 0.15) is 5.75 Å². The molecule has 2 N–H and O–H groups in total. The lowest BCUT2D eigenvalue weighted by atomic mass is 10.1. The summed E-state index contributed by atoms with van der Waals surface area (Å²) in [7, 11) is 0. The highest BCUT2D eigenvalue weighted by atomic mass is 127. The highest BCUT2D eigenvalue weighted by Gasteiger charge is 2.21. The number of nitrogens with zero attached hydrogens (tertiary/aromatic N) is 2. The van der Waals surface area contributed by atoms with E-state index in [-0.39, 0.29) is 12.5 Å². The van der Waals surface area contributed by atoms with Crippen molar-refractivity contribution in [3.05, 3.63) is 63.2 Å². The first kappa shape index (κ1) is 19.6. The quantitative estimate of drug-likeness (QED) is 0.645. The van der Waals surface area contributed by atoms with Crippen molar-refractivity contribution in [2.75, 3.05) is 32.8 Å². The Morgan fingerprint density at radius 1 is 0.963 bits per heavy atom. The second-order valence-electron chi connectivity index (χ2n) is 6.46. The van der Waals surface area contributed by atoms with Gasteiger partial charge < -0.3 is 15.4 Å². The Labute approximate surface area is 172 Å². The van der Waals surface area contributed by atoms with Gasteiger partial charge in [0.25, 0.3) is 5.91 Å². The van der Waals surface area contributed by atoms with Gasteiger partial charge in [-0.3, -0.25) is 14.5 Å². The number of amides is 2. The van der Waals surface area contributed by atoms with Gasteiger partial charge in [0.15, 0.2) is 6.61 Å². The summed E-state index contributed by atoms with van der Waals surface area (Å²) in [4.78, 5) is 27.6. The molecule has 1 aliphatic heterocycles. The highest BCUT2D eigenvalue weighted by molar-refractivity contribution is 14.1. The third-order valence-corrected chi connectivity index (χ3v) is 5.26. The number of carbonyl (C=O) groups is 2. The molecule has 0 unspecified atom stereocenters. The fourth-order valence-corrected chi connectivity index (χ4v) is 3.31. The first-order valence-corrected chi connectivity index (χ1v) is 9.86. The van der Waals surface area contributed by atoms with Gasteiger partial charge >= 0.3 is 0 Å². The van der Waals surface area contributed by atoms with Crippen LogP contribution in [0.1, 0.15) is 15.9 Å². The minimum absolute atomic E-state index is 0.0130. The van der Waals surface area contributed by atoms with Gasteiger partial charge in [0.2, 0.25) is 5.91 Å². The molecule has 1 aliphatic rings. The Bertz CT molecular complexity index is 785. The van der Waals surface area contributed by atoms with Gasteiger partial charge in [-0.15, -0.1) is 0 Å². The second kappa shape index (κ2) is 9.18. The number of benzene rings is 2. The van der Waals surface area contributed by atoms with Crippen molar-refractivity contribution in [1.29, 1.82) is 0 Å². The van der Waals surface area contributed by atoms with Crippen LogP contribution in [0.15, 0.2) is 48.5 Å². The van der Waals surface area contributed by atoms with Gasteiger partial charge in [-0.2, -0.15) is 0 Å².